The van der Waals surface area contributed by atoms with Gasteiger partial charge >= 0.3 is 6.03 Å². The number of oxazole rings is 1. The van der Waals surface area contributed by atoms with Crippen LogP contribution in [0.15, 0.2) is 76.8 Å². The third-order valence-corrected chi connectivity index (χ3v) is 4.66. The number of hydrogen-bond acceptors (Lipinski definition) is 5. The molecule has 2 aromatic carbocycles. The van der Waals surface area contributed by atoms with Crippen molar-refractivity contribution in [2.24, 2.45) is 0 Å². The van der Waals surface area contributed by atoms with Gasteiger partial charge in [-0.05, 0) is 24.3 Å². The zero-order chi connectivity index (χ0) is 18.5. The van der Waals surface area contributed by atoms with E-state index in [-0.39, 0.29) is 12.6 Å². The SMILES string of the molecule is O=C(NCc1ncc(-c2ccccc2)o1)Nc1ccc(-c2nccs2)cc1. The standard InChI is InChI=1S/C20H16N4O2S/c25-20(24-16-8-6-15(7-9-16)19-21-10-11-27-19)23-13-18-22-12-17(26-18)14-4-2-1-3-5-14/h1-12H,13H2,(H2,23,24,25). The number of nitrogens with zero attached hydrogens (tertiary/aromatic N) is 2. The summed E-state index contributed by atoms with van der Waals surface area (Å²) in [6.07, 6.45) is 3.42. The van der Waals surface area contributed by atoms with Crippen molar-refractivity contribution in [3.63, 3.8) is 0 Å². The van der Waals surface area contributed by atoms with Crippen LogP contribution in [0.3, 0.4) is 0 Å². The van der Waals surface area contributed by atoms with Gasteiger partial charge in [0.2, 0.25) is 5.89 Å². The summed E-state index contributed by atoms with van der Waals surface area (Å²) >= 11 is 1.57. The van der Waals surface area contributed by atoms with Crippen molar-refractivity contribution in [1.82, 2.24) is 15.3 Å². The number of hydrogen-bond donors (Lipinski definition) is 2. The highest BCUT2D eigenvalue weighted by Crippen LogP contribution is 2.23. The third-order valence-electron chi connectivity index (χ3n) is 3.83. The minimum absolute atomic E-state index is 0.204. The van der Waals surface area contributed by atoms with E-state index in [1.54, 1.807) is 23.7 Å². The van der Waals surface area contributed by atoms with Gasteiger partial charge < -0.3 is 15.1 Å². The van der Waals surface area contributed by atoms with Gasteiger partial charge in [0.1, 0.15) is 5.01 Å². The first kappa shape index (κ1) is 17.0. The summed E-state index contributed by atoms with van der Waals surface area (Å²) in [6.45, 7) is 0.204. The molecule has 0 atom stereocenters. The normalized spacial score (nSPS) is 10.5. The van der Waals surface area contributed by atoms with Crippen LogP contribution in [0.5, 0.6) is 0 Å². The number of amides is 2. The van der Waals surface area contributed by atoms with Crippen molar-refractivity contribution in [2.75, 3.05) is 5.32 Å². The van der Waals surface area contributed by atoms with Gasteiger partial charge in [0.25, 0.3) is 0 Å². The van der Waals surface area contributed by atoms with Gasteiger partial charge in [0.15, 0.2) is 5.76 Å². The van der Waals surface area contributed by atoms with Crippen molar-refractivity contribution < 1.29 is 9.21 Å². The molecule has 2 N–H and O–H groups in total. The van der Waals surface area contributed by atoms with Crippen LogP contribution in [0.25, 0.3) is 21.9 Å². The largest absolute Gasteiger partial charge is 0.439 e. The Morgan fingerprint density at radius 2 is 1.81 bits per heavy atom. The molecule has 2 amide bonds. The molecule has 134 valence electrons. The van der Waals surface area contributed by atoms with Gasteiger partial charge in [-0.25, -0.2) is 14.8 Å². The van der Waals surface area contributed by atoms with Crippen LogP contribution in [-0.2, 0) is 6.54 Å². The lowest BCUT2D eigenvalue weighted by Crippen LogP contribution is -2.28. The molecule has 0 radical (unpaired) electrons. The summed E-state index contributed by atoms with van der Waals surface area (Å²) in [4.78, 5) is 20.5. The van der Waals surface area contributed by atoms with Crippen LogP contribution < -0.4 is 10.6 Å². The topological polar surface area (TPSA) is 80.0 Å². The Balaban J connectivity index is 1.32. The first-order valence-corrected chi connectivity index (χ1v) is 9.21. The van der Waals surface area contributed by atoms with Crippen LogP contribution in [0.1, 0.15) is 5.89 Å². The van der Waals surface area contributed by atoms with Gasteiger partial charge in [-0.1, -0.05) is 30.3 Å². The summed E-state index contributed by atoms with van der Waals surface area (Å²) < 4.78 is 5.67. The molecule has 0 bridgehead atoms. The number of urea groups is 1. The van der Waals surface area contributed by atoms with Gasteiger partial charge in [-0.3, -0.25) is 0 Å². The second-order valence-electron chi connectivity index (χ2n) is 5.71. The van der Waals surface area contributed by atoms with Gasteiger partial charge in [0.05, 0.1) is 12.7 Å². The fourth-order valence-electron chi connectivity index (χ4n) is 2.52. The molecule has 0 spiro atoms. The molecule has 4 rings (SSSR count). The molecule has 0 aliphatic rings. The molecule has 7 heteroatoms. The van der Waals surface area contributed by atoms with Crippen molar-refractivity contribution >= 4 is 23.1 Å². The average molecular weight is 376 g/mol. The second kappa shape index (κ2) is 7.84. The van der Waals surface area contributed by atoms with E-state index in [0.717, 1.165) is 16.1 Å². The van der Waals surface area contributed by atoms with Gasteiger partial charge in [-0.2, -0.15) is 0 Å². The number of rotatable bonds is 5. The number of carbonyl (C=O) groups excluding carboxylic acids is 1. The number of nitrogens with one attached hydrogen (secondary N) is 2. The molecular formula is C20H16N4O2S. The summed E-state index contributed by atoms with van der Waals surface area (Å²) in [5, 5.41) is 8.40. The second-order valence-corrected chi connectivity index (χ2v) is 6.60. The maximum Gasteiger partial charge on any atom is 0.319 e. The smallest absolute Gasteiger partial charge is 0.319 e. The minimum Gasteiger partial charge on any atom is -0.439 e. The van der Waals surface area contributed by atoms with Crippen LogP contribution in [0.4, 0.5) is 10.5 Å². The van der Waals surface area contributed by atoms with E-state index in [1.165, 1.54) is 0 Å². The van der Waals surface area contributed by atoms with Crippen LogP contribution in [0.2, 0.25) is 0 Å². The number of anilines is 1. The Bertz CT molecular complexity index is 1010. The summed E-state index contributed by atoms with van der Waals surface area (Å²) in [6, 6.07) is 16.9. The molecule has 2 aromatic heterocycles. The molecule has 0 saturated carbocycles. The van der Waals surface area contributed by atoms with E-state index in [1.807, 2.05) is 60.0 Å². The number of thiazole rings is 1. The Kier molecular flexibility index (Phi) is 4.93. The maximum atomic E-state index is 12.1. The van der Waals surface area contributed by atoms with Crippen molar-refractivity contribution in [3.05, 3.63) is 78.3 Å². The number of aromatic nitrogens is 2. The number of benzene rings is 2. The Labute approximate surface area is 159 Å². The minimum atomic E-state index is -0.323. The quantitative estimate of drug-likeness (QED) is 0.525. The fraction of sp³-hybridized carbons (Fsp3) is 0.0500. The van der Waals surface area contributed by atoms with E-state index in [4.69, 9.17) is 4.42 Å². The molecular weight excluding hydrogens is 360 g/mol. The first-order chi connectivity index (χ1) is 13.3. The maximum absolute atomic E-state index is 12.1. The first-order valence-electron chi connectivity index (χ1n) is 8.33. The highest BCUT2D eigenvalue weighted by molar-refractivity contribution is 7.13. The number of carbonyl (C=O) groups is 1. The zero-order valence-corrected chi connectivity index (χ0v) is 15.1. The Morgan fingerprint density at radius 1 is 1.00 bits per heavy atom. The highest BCUT2D eigenvalue weighted by Gasteiger charge is 2.08. The molecule has 0 saturated heterocycles. The lowest BCUT2D eigenvalue weighted by Gasteiger charge is -2.06. The van der Waals surface area contributed by atoms with Crippen molar-refractivity contribution in [1.29, 1.82) is 0 Å². The van der Waals surface area contributed by atoms with E-state index in [0.29, 0.717) is 17.3 Å². The Hall–Kier alpha value is -3.45. The van der Waals surface area contributed by atoms with E-state index < -0.39 is 0 Å². The monoisotopic (exact) mass is 376 g/mol. The van der Waals surface area contributed by atoms with Gasteiger partial charge in [0, 0.05) is 28.4 Å². The predicted octanol–water partition coefficient (Wildman–Crippen LogP) is 4.79. The third kappa shape index (κ3) is 4.21. The van der Waals surface area contributed by atoms with Gasteiger partial charge in [-0.15, -0.1) is 11.3 Å². The molecule has 0 aliphatic carbocycles. The molecule has 0 fully saturated rings. The molecule has 6 nitrogen and oxygen atoms in total. The summed E-state index contributed by atoms with van der Waals surface area (Å²) in [7, 11) is 0. The molecule has 0 unspecified atom stereocenters. The van der Waals surface area contributed by atoms with Crippen LogP contribution in [-0.4, -0.2) is 16.0 Å². The van der Waals surface area contributed by atoms with E-state index >= 15 is 0 Å². The highest BCUT2D eigenvalue weighted by atomic mass is 32.1. The summed E-state index contributed by atoms with van der Waals surface area (Å²) in [5.74, 6) is 1.12. The molecule has 2 heterocycles. The van der Waals surface area contributed by atoms with Crippen LogP contribution in [0, 0.1) is 0 Å². The lowest BCUT2D eigenvalue weighted by molar-refractivity contribution is 0.250. The zero-order valence-electron chi connectivity index (χ0n) is 14.3. The predicted molar refractivity (Wildman–Crippen MR) is 105 cm³/mol. The Morgan fingerprint density at radius 3 is 2.56 bits per heavy atom. The average Bonchev–Trinajstić information content (AvgIpc) is 3.40. The van der Waals surface area contributed by atoms with Crippen molar-refractivity contribution in [3.8, 4) is 21.9 Å². The van der Waals surface area contributed by atoms with E-state index in [2.05, 4.69) is 20.6 Å². The van der Waals surface area contributed by atoms with Crippen LogP contribution >= 0.6 is 11.3 Å². The fourth-order valence-corrected chi connectivity index (χ4v) is 3.17. The molecule has 27 heavy (non-hydrogen) atoms. The summed E-state index contributed by atoms with van der Waals surface area (Å²) in [5.41, 5.74) is 2.66. The molecule has 0 aliphatic heterocycles. The molecule has 4 aromatic rings. The lowest BCUT2D eigenvalue weighted by atomic mass is 10.2. The van der Waals surface area contributed by atoms with E-state index in [9.17, 15) is 4.79 Å². The van der Waals surface area contributed by atoms with Crippen molar-refractivity contribution in [2.45, 2.75) is 6.54 Å².